The van der Waals surface area contributed by atoms with Gasteiger partial charge < -0.3 is 0 Å². The minimum absolute atomic E-state index is 0.255. The second-order valence-corrected chi connectivity index (χ2v) is 4.92. The van der Waals surface area contributed by atoms with Crippen molar-refractivity contribution in [3.63, 3.8) is 0 Å². The van der Waals surface area contributed by atoms with E-state index in [1.54, 1.807) is 0 Å². The summed E-state index contributed by atoms with van der Waals surface area (Å²) in [7, 11) is 0. The summed E-state index contributed by atoms with van der Waals surface area (Å²) in [6.45, 7) is 18.2. The molecule has 0 bridgehead atoms. The van der Waals surface area contributed by atoms with E-state index in [1.807, 2.05) is 43.4 Å². The maximum absolute atomic E-state index is 4.03. The van der Waals surface area contributed by atoms with Gasteiger partial charge in [-0.05, 0) is 24.5 Å². The second-order valence-electron chi connectivity index (χ2n) is 4.92. The first-order valence-electron chi connectivity index (χ1n) is 8.07. The molecule has 1 aromatic rings. The highest BCUT2D eigenvalue weighted by molar-refractivity contribution is 5.35. The second kappa shape index (κ2) is 13.3. The van der Waals surface area contributed by atoms with E-state index in [9.17, 15) is 0 Å². The molecular weight excluding hydrogens is 276 g/mol. The third kappa shape index (κ3) is 6.97. The first kappa shape index (κ1) is 20.7. The lowest BCUT2D eigenvalue weighted by atomic mass is 9.83. The van der Waals surface area contributed by atoms with Gasteiger partial charge in [-0.2, -0.15) is 0 Å². The molecule has 23 heavy (non-hydrogen) atoms. The third-order valence-electron chi connectivity index (χ3n) is 3.60. The zero-order valence-electron chi connectivity index (χ0n) is 14.6. The molecule has 0 saturated carbocycles. The van der Waals surface area contributed by atoms with E-state index in [4.69, 9.17) is 0 Å². The molecule has 1 rings (SSSR count). The van der Waals surface area contributed by atoms with E-state index in [0.29, 0.717) is 0 Å². The summed E-state index contributed by atoms with van der Waals surface area (Å²) in [5.41, 5.74) is 2.73. The summed E-state index contributed by atoms with van der Waals surface area (Å²) in [5.74, 6) is 0.524. The molecule has 1 aromatic carbocycles. The Morgan fingerprint density at radius 1 is 0.957 bits per heavy atom. The first-order chi connectivity index (χ1) is 11.3. The van der Waals surface area contributed by atoms with E-state index in [-0.39, 0.29) is 11.8 Å². The quantitative estimate of drug-likeness (QED) is 0.365. The van der Waals surface area contributed by atoms with E-state index in [1.165, 1.54) is 11.1 Å². The van der Waals surface area contributed by atoms with Crippen molar-refractivity contribution in [1.29, 1.82) is 0 Å². The van der Waals surface area contributed by atoms with Crippen molar-refractivity contribution < 1.29 is 0 Å². The lowest BCUT2D eigenvalue weighted by molar-refractivity contribution is 0.702. The number of aryl methyl sites for hydroxylation is 1. The van der Waals surface area contributed by atoms with Crippen molar-refractivity contribution in [2.75, 3.05) is 0 Å². The van der Waals surface area contributed by atoms with Crippen molar-refractivity contribution >= 4 is 0 Å². The van der Waals surface area contributed by atoms with Gasteiger partial charge in [0.2, 0.25) is 0 Å². The fourth-order valence-corrected chi connectivity index (χ4v) is 2.45. The highest BCUT2D eigenvalue weighted by atomic mass is 14.2. The third-order valence-corrected chi connectivity index (χ3v) is 3.60. The van der Waals surface area contributed by atoms with Crippen LogP contribution in [0.1, 0.15) is 30.9 Å². The molecule has 0 spiro atoms. The Hall–Kier alpha value is -2.34. The smallest absolute Gasteiger partial charge is 0.0116 e. The van der Waals surface area contributed by atoms with Gasteiger partial charge >= 0.3 is 0 Å². The number of allylic oxidation sites excluding steroid dienone is 8. The predicted octanol–water partition coefficient (Wildman–Crippen LogP) is 6.81. The van der Waals surface area contributed by atoms with Gasteiger partial charge in [0.05, 0.1) is 0 Å². The molecular formula is C23H30. The SMILES string of the molecule is C=C.C=CC(\C=C/C=C\C=C\C)C(C=C)c1ccccc1CC. The Bertz CT molecular complexity index is 543. The molecule has 0 fully saturated rings. The Balaban J connectivity index is 0.00000232. The van der Waals surface area contributed by atoms with Gasteiger partial charge in [0.15, 0.2) is 0 Å². The summed E-state index contributed by atoms with van der Waals surface area (Å²) in [5, 5.41) is 0. The molecule has 0 nitrogen and oxygen atoms in total. The molecule has 122 valence electrons. The molecule has 0 amide bonds. The minimum Gasteiger partial charge on any atom is -0.106 e. The Morgan fingerprint density at radius 2 is 1.61 bits per heavy atom. The summed E-state index contributed by atoms with van der Waals surface area (Å²) >= 11 is 0. The molecule has 0 aliphatic carbocycles. The van der Waals surface area contributed by atoms with E-state index < -0.39 is 0 Å². The number of hydrogen-bond donors (Lipinski definition) is 0. The van der Waals surface area contributed by atoms with Crippen molar-refractivity contribution in [1.82, 2.24) is 0 Å². The van der Waals surface area contributed by atoms with Crippen molar-refractivity contribution in [3.8, 4) is 0 Å². The average Bonchev–Trinajstić information content (AvgIpc) is 2.62. The van der Waals surface area contributed by atoms with Crippen molar-refractivity contribution in [2.45, 2.75) is 26.2 Å². The van der Waals surface area contributed by atoms with Crippen molar-refractivity contribution in [3.05, 3.63) is 110 Å². The molecule has 0 N–H and O–H groups in total. The van der Waals surface area contributed by atoms with Gasteiger partial charge in [0, 0.05) is 11.8 Å². The van der Waals surface area contributed by atoms with Gasteiger partial charge in [-0.3, -0.25) is 0 Å². The minimum atomic E-state index is 0.255. The Kier molecular flexibility index (Phi) is 12.0. The molecule has 0 aromatic heterocycles. The fourth-order valence-electron chi connectivity index (χ4n) is 2.45. The number of rotatable bonds is 8. The Morgan fingerprint density at radius 3 is 2.17 bits per heavy atom. The van der Waals surface area contributed by atoms with Crippen LogP contribution in [0.25, 0.3) is 0 Å². The number of benzene rings is 1. The highest BCUT2D eigenvalue weighted by Crippen LogP contribution is 2.30. The summed E-state index contributed by atoms with van der Waals surface area (Å²) in [4.78, 5) is 0. The van der Waals surface area contributed by atoms with Crippen LogP contribution >= 0.6 is 0 Å². The zero-order chi connectivity index (χ0) is 17.5. The van der Waals surface area contributed by atoms with E-state index >= 15 is 0 Å². The first-order valence-corrected chi connectivity index (χ1v) is 8.07. The lowest BCUT2D eigenvalue weighted by Crippen LogP contribution is -2.08. The molecule has 2 unspecified atom stereocenters. The molecule has 0 heterocycles. The molecule has 0 aliphatic heterocycles. The van der Waals surface area contributed by atoms with Crippen LogP contribution in [0.15, 0.2) is 99.2 Å². The lowest BCUT2D eigenvalue weighted by Gasteiger charge is -2.21. The normalized spacial score (nSPS) is 13.7. The molecule has 2 atom stereocenters. The van der Waals surface area contributed by atoms with Gasteiger partial charge in [-0.25, -0.2) is 0 Å². The number of hydrogen-bond acceptors (Lipinski definition) is 0. The van der Waals surface area contributed by atoms with Gasteiger partial charge in [0.25, 0.3) is 0 Å². The summed E-state index contributed by atoms with van der Waals surface area (Å²) in [6, 6.07) is 8.59. The molecule has 0 heteroatoms. The van der Waals surface area contributed by atoms with Crippen molar-refractivity contribution in [2.24, 2.45) is 5.92 Å². The zero-order valence-corrected chi connectivity index (χ0v) is 14.6. The van der Waals surface area contributed by atoms with Crippen LogP contribution in [-0.2, 0) is 6.42 Å². The summed E-state index contributed by atoms with van der Waals surface area (Å²) < 4.78 is 0. The van der Waals surface area contributed by atoms with Gasteiger partial charge in [-0.1, -0.05) is 79.8 Å². The van der Waals surface area contributed by atoms with Gasteiger partial charge in [-0.15, -0.1) is 26.3 Å². The molecule has 0 saturated heterocycles. The van der Waals surface area contributed by atoms with Crippen LogP contribution in [0.4, 0.5) is 0 Å². The molecule has 0 radical (unpaired) electrons. The van der Waals surface area contributed by atoms with Crippen LogP contribution in [0, 0.1) is 5.92 Å². The van der Waals surface area contributed by atoms with E-state index in [2.05, 4.69) is 69.7 Å². The maximum atomic E-state index is 4.03. The van der Waals surface area contributed by atoms with Gasteiger partial charge in [0.1, 0.15) is 0 Å². The van der Waals surface area contributed by atoms with E-state index in [0.717, 1.165) is 6.42 Å². The Labute approximate surface area is 143 Å². The standard InChI is InChI=1S/C21H26.C2H4/c1-5-9-10-11-12-15-18(6-2)20(8-4)21-17-14-13-16-19(21)7-3;1-2/h5-6,8-18,20H,2,4,7H2,1,3H3;1-2H2/b9-5+,11-10-,15-12-;. The summed E-state index contributed by atoms with van der Waals surface area (Å²) in [6.07, 6.45) is 17.4. The molecule has 0 aliphatic rings. The largest absolute Gasteiger partial charge is 0.106 e. The highest BCUT2D eigenvalue weighted by Gasteiger charge is 2.17. The van der Waals surface area contributed by atoms with Crippen LogP contribution in [-0.4, -0.2) is 0 Å². The van der Waals surface area contributed by atoms with Crippen LogP contribution in [0.5, 0.6) is 0 Å². The monoisotopic (exact) mass is 306 g/mol. The van der Waals surface area contributed by atoms with Crippen LogP contribution in [0.2, 0.25) is 0 Å². The van der Waals surface area contributed by atoms with Crippen LogP contribution < -0.4 is 0 Å². The average molecular weight is 306 g/mol. The topological polar surface area (TPSA) is 0 Å². The maximum Gasteiger partial charge on any atom is 0.0116 e. The fraction of sp³-hybridized carbons (Fsp3) is 0.217. The van der Waals surface area contributed by atoms with Crippen LogP contribution in [0.3, 0.4) is 0 Å². The predicted molar refractivity (Wildman–Crippen MR) is 107 cm³/mol.